The first kappa shape index (κ1) is 28.2. The molecule has 0 radical (unpaired) electrons. The molecule has 1 saturated heterocycles. The summed E-state index contributed by atoms with van der Waals surface area (Å²) < 4.78 is 35.1. The molecule has 0 atom stereocenters. The number of aromatic nitrogens is 2. The molecular weight excluding hydrogens is 562 g/mol. The summed E-state index contributed by atoms with van der Waals surface area (Å²) in [5.74, 6) is -3.05. The quantitative estimate of drug-likeness (QED) is 0.233. The highest BCUT2D eigenvalue weighted by Gasteiger charge is 2.36. The van der Waals surface area contributed by atoms with Gasteiger partial charge in [-0.15, -0.1) is 0 Å². The number of fused-ring (bicyclic) bond motifs is 1. The molecule has 10 heteroatoms. The molecule has 0 bridgehead atoms. The van der Waals surface area contributed by atoms with Gasteiger partial charge < -0.3 is 19.7 Å². The van der Waals surface area contributed by atoms with Gasteiger partial charge in [-0.2, -0.15) is 0 Å². The minimum Gasteiger partial charge on any atom is -0.478 e. The Labute approximate surface area is 247 Å². The van der Waals surface area contributed by atoms with E-state index in [1.165, 1.54) is 0 Å². The van der Waals surface area contributed by atoms with Crippen LogP contribution in [-0.2, 0) is 0 Å². The van der Waals surface area contributed by atoms with Gasteiger partial charge in [0.1, 0.15) is 22.7 Å². The van der Waals surface area contributed by atoms with Crippen LogP contribution in [0.15, 0.2) is 66.5 Å². The second-order valence-electron chi connectivity index (χ2n) is 11.0. The van der Waals surface area contributed by atoms with Crippen molar-refractivity contribution < 1.29 is 23.4 Å². The molecule has 6 rings (SSSR count). The summed E-state index contributed by atoms with van der Waals surface area (Å²) in [5, 5.41) is 11.4. The Hall–Kier alpha value is -3.95. The minimum absolute atomic E-state index is 0.0731. The molecular formula is C32H31ClF2N4O3. The van der Waals surface area contributed by atoms with Crippen LogP contribution in [0.3, 0.4) is 0 Å². The number of pyridine rings is 1. The fourth-order valence-electron chi connectivity index (χ4n) is 5.98. The first-order valence-corrected chi connectivity index (χ1v) is 14.3. The monoisotopic (exact) mass is 592 g/mol. The Morgan fingerprint density at radius 3 is 2.62 bits per heavy atom. The van der Waals surface area contributed by atoms with E-state index in [0.717, 1.165) is 39.0 Å². The smallest absolute Gasteiger partial charge is 0.339 e. The summed E-state index contributed by atoms with van der Waals surface area (Å²) in [5.41, 5.74) is 5.13. The van der Waals surface area contributed by atoms with E-state index >= 15 is 0 Å². The van der Waals surface area contributed by atoms with Gasteiger partial charge in [0.2, 0.25) is 0 Å². The van der Waals surface area contributed by atoms with Crippen molar-refractivity contribution in [1.82, 2.24) is 14.9 Å². The number of carbonyl (C=O) groups is 1. The van der Waals surface area contributed by atoms with Crippen molar-refractivity contribution >= 4 is 39.9 Å². The number of halogens is 3. The molecule has 2 aromatic heterocycles. The zero-order valence-electron chi connectivity index (χ0n) is 23.2. The van der Waals surface area contributed by atoms with Gasteiger partial charge in [0.05, 0.1) is 6.20 Å². The normalized spacial score (nSPS) is 17.6. The van der Waals surface area contributed by atoms with Crippen molar-refractivity contribution in [3.63, 3.8) is 0 Å². The molecule has 1 aliphatic heterocycles. The third-order valence-electron chi connectivity index (χ3n) is 8.16. The summed E-state index contributed by atoms with van der Waals surface area (Å²) in [7, 11) is 0. The Morgan fingerprint density at radius 1 is 1.12 bits per heavy atom. The SMILES string of the molecule is Cc1c(N2CCN(CC3=C(c4ccc(Cl)cc4)CCC(F)(F)C3)CC2)ccc(C(=O)O)c1Oc1cnc2[nH]ccc2c1. The van der Waals surface area contributed by atoms with Crippen LogP contribution < -0.4 is 9.64 Å². The van der Waals surface area contributed by atoms with E-state index in [9.17, 15) is 18.7 Å². The number of anilines is 1. The van der Waals surface area contributed by atoms with Crippen LogP contribution in [0.2, 0.25) is 5.02 Å². The maximum atomic E-state index is 14.5. The van der Waals surface area contributed by atoms with E-state index in [1.54, 1.807) is 30.6 Å². The number of H-pyrrole nitrogens is 1. The number of rotatable bonds is 7. The van der Waals surface area contributed by atoms with Gasteiger partial charge in [-0.05, 0) is 66.5 Å². The lowest BCUT2D eigenvalue weighted by Crippen LogP contribution is -2.47. The molecule has 2 aromatic carbocycles. The molecule has 3 heterocycles. The summed E-state index contributed by atoms with van der Waals surface area (Å²) in [4.78, 5) is 23.9. The van der Waals surface area contributed by atoms with Crippen LogP contribution in [0, 0.1) is 6.92 Å². The minimum atomic E-state index is -2.70. The topological polar surface area (TPSA) is 81.7 Å². The van der Waals surface area contributed by atoms with Crippen LogP contribution in [0.1, 0.15) is 40.7 Å². The van der Waals surface area contributed by atoms with Crippen LogP contribution in [0.25, 0.3) is 16.6 Å². The van der Waals surface area contributed by atoms with Crippen molar-refractivity contribution in [1.29, 1.82) is 0 Å². The lowest BCUT2D eigenvalue weighted by atomic mass is 9.85. The van der Waals surface area contributed by atoms with Crippen molar-refractivity contribution in [3.05, 3.63) is 88.2 Å². The predicted octanol–water partition coefficient (Wildman–Crippen LogP) is 7.41. The number of allylic oxidation sites excluding steroid dienone is 1. The highest BCUT2D eigenvalue weighted by molar-refractivity contribution is 6.30. The highest BCUT2D eigenvalue weighted by atomic mass is 35.5. The second-order valence-corrected chi connectivity index (χ2v) is 11.4. The van der Waals surface area contributed by atoms with Crippen molar-refractivity contribution in [2.75, 3.05) is 37.6 Å². The summed E-state index contributed by atoms with van der Waals surface area (Å²) in [6.45, 7) is 5.06. The van der Waals surface area contributed by atoms with Gasteiger partial charge in [-0.1, -0.05) is 23.7 Å². The van der Waals surface area contributed by atoms with Gasteiger partial charge in [0.25, 0.3) is 5.92 Å². The summed E-state index contributed by atoms with van der Waals surface area (Å²) in [6, 6.07) is 14.5. The number of aromatic amines is 1. The van der Waals surface area contributed by atoms with Crippen molar-refractivity contribution in [3.8, 4) is 11.5 Å². The van der Waals surface area contributed by atoms with E-state index < -0.39 is 11.9 Å². The van der Waals surface area contributed by atoms with Gasteiger partial charge in [-0.25, -0.2) is 18.6 Å². The number of nitrogens with zero attached hydrogens (tertiary/aromatic N) is 3. The third-order valence-corrected chi connectivity index (χ3v) is 8.41. The van der Waals surface area contributed by atoms with Crippen LogP contribution in [-0.4, -0.2) is 64.6 Å². The first-order valence-electron chi connectivity index (χ1n) is 14.0. The molecule has 42 heavy (non-hydrogen) atoms. The number of aromatic carboxylic acids is 1. The standard InChI is InChI=1S/C32H31ClF2N4O3/c1-20-28(7-6-27(31(40)41)29(20)42-25-16-22-9-11-36-30(22)37-18-25)39-14-12-38(13-15-39)19-23-17-32(34,35)10-8-26(23)21-2-4-24(33)5-3-21/h2-7,9,11,16,18H,8,10,12-15,17,19H2,1H3,(H,36,37)(H,40,41). The summed E-state index contributed by atoms with van der Waals surface area (Å²) in [6.07, 6.45) is 3.31. The van der Waals surface area contributed by atoms with Crippen LogP contribution >= 0.6 is 11.6 Å². The maximum absolute atomic E-state index is 14.5. The van der Waals surface area contributed by atoms with Gasteiger partial charge in [-0.3, -0.25) is 4.90 Å². The number of carboxylic acids is 1. The Morgan fingerprint density at radius 2 is 1.88 bits per heavy atom. The molecule has 1 aliphatic carbocycles. The van der Waals surface area contributed by atoms with Crippen molar-refractivity contribution in [2.45, 2.75) is 32.1 Å². The number of ether oxygens (including phenoxy) is 1. The average Bonchev–Trinajstić information content (AvgIpc) is 3.43. The number of benzene rings is 2. The average molecular weight is 593 g/mol. The molecule has 0 amide bonds. The number of alkyl halides is 2. The molecule has 1 fully saturated rings. The Balaban J connectivity index is 1.20. The van der Waals surface area contributed by atoms with Crippen LogP contribution in [0.5, 0.6) is 11.5 Å². The van der Waals surface area contributed by atoms with Crippen LogP contribution in [0.4, 0.5) is 14.5 Å². The number of piperazine rings is 1. The molecule has 0 saturated carbocycles. The zero-order chi connectivity index (χ0) is 29.4. The molecule has 2 aliphatic rings. The number of carboxylic acid groups (broad SMARTS) is 1. The lowest BCUT2D eigenvalue weighted by Gasteiger charge is -2.38. The predicted molar refractivity (Wildman–Crippen MR) is 160 cm³/mol. The molecule has 218 valence electrons. The first-order chi connectivity index (χ1) is 20.2. The van der Waals surface area contributed by atoms with Gasteiger partial charge in [0.15, 0.2) is 0 Å². The molecule has 2 N–H and O–H groups in total. The van der Waals surface area contributed by atoms with E-state index in [-0.39, 0.29) is 24.2 Å². The second kappa shape index (κ2) is 11.4. The van der Waals surface area contributed by atoms with Gasteiger partial charge in [0, 0.05) is 73.4 Å². The maximum Gasteiger partial charge on any atom is 0.339 e. The van der Waals surface area contributed by atoms with E-state index in [2.05, 4.69) is 19.8 Å². The van der Waals surface area contributed by atoms with Crippen molar-refractivity contribution in [2.24, 2.45) is 0 Å². The Kier molecular flexibility index (Phi) is 7.64. The fourth-order valence-corrected chi connectivity index (χ4v) is 6.10. The largest absolute Gasteiger partial charge is 0.478 e. The van der Waals surface area contributed by atoms with Gasteiger partial charge >= 0.3 is 5.97 Å². The molecule has 0 spiro atoms. The fraction of sp³-hybridized carbons (Fsp3) is 0.312. The third kappa shape index (κ3) is 5.84. The lowest BCUT2D eigenvalue weighted by molar-refractivity contribution is -0.0109. The Bertz CT molecular complexity index is 1660. The van der Waals surface area contributed by atoms with E-state index in [1.807, 2.05) is 37.3 Å². The summed E-state index contributed by atoms with van der Waals surface area (Å²) >= 11 is 6.06. The van der Waals surface area contributed by atoms with E-state index in [0.29, 0.717) is 49.9 Å². The number of nitrogens with one attached hydrogen (secondary N) is 1. The highest BCUT2D eigenvalue weighted by Crippen LogP contribution is 2.42. The molecule has 4 aromatic rings. The molecule has 7 nitrogen and oxygen atoms in total. The zero-order valence-corrected chi connectivity index (χ0v) is 23.9. The van der Waals surface area contributed by atoms with E-state index in [4.69, 9.17) is 16.3 Å². The number of hydrogen-bond donors (Lipinski definition) is 2. The molecule has 0 unspecified atom stereocenters. The number of hydrogen-bond acceptors (Lipinski definition) is 5.